The van der Waals surface area contributed by atoms with Crippen LogP contribution < -0.4 is 5.73 Å². The number of nitrogens with two attached hydrogens (primary N) is 1. The maximum Gasteiger partial charge on any atom is 0.0462 e. The molecule has 0 fully saturated rings. The summed E-state index contributed by atoms with van der Waals surface area (Å²) in [5, 5.41) is 0. The molecule has 0 aliphatic heterocycles. The smallest absolute Gasteiger partial charge is 0.0462 e. The number of hydrogen-bond acceptors (Lipinski definition) is 3. The minimum Gasteiger partial charge on any atom is -0.385 e. The summed E-state index contributed by atoms with van der Waals surface area (Å²) in [6.45, 7) is 8.60. The van der Waals surface area contributed by atoms with Crippen molar-refractivity contribution >= 4 is 0 Å². The van der Waals surface area contributed by atoms with Crippen molar-refractivity contribution < 1.29 is 4.74 Å². The van der Waals surface area contributed by atoms with E-state index < -0.39 is 0 Å². The topological polar surface area (TPSA) is 38.5 Å². The van der Waals surface area contributed by atoms with Crippen LogP contribution in [0.2, 0.25) is 0 Å². The number of nitrogens with zero attached hydrogens (tertiary/aromatic N) is 1. The van der Waals surface area contributed by atoms with Gasteiger partial charge in [-0.2, -0.15) is 0 Å². The Morgan fingerprint density at radius 1 is 1.21 bits per heavy atom. The Balaban J connectivity index is 3.37. The number of rotatable bonds is 9. The first-order valence-corrected chi connectivity index (χ1v) is 5.71. The molecule has 0 aromatic carbocycles. The average Bonchev–Trinajstić information content (AvgIpc) is 2.20. The molecular formula is C11H26N2O. The largest absolute Gasteiger partial charge is 0.385 e. The van der Waals surface area contributed by atoms with Crippen LogP contribution in [0.15, 0.2) is 0 Å². The highest BCUT2D eigenvalue weighted by atomic mass is 16.5. The molecule has 1 atom stereocenters. The van der Waals surface area contributed by atoms with E-state index in [1.807, 2.05) is 0 Å². The molecule has 3 heteroatoms. The molecule has 0 amide bonds. The standard InChI is InChI=1S/C11H26N2O/c1-4-13(5-2)9-8-11(12)7-6-10-14-3/h11H,4-10,12H2,1-3H3. The van der Waals surface area contributed by atoms with Crippen molar-refractivity contribution in [3.63, 3.8) is 0 Å². The number of methoxy groups -OCH3 is 1. The normalized spacial score (nSPS) is 13.5. The third-order valence-electron chi connectivity index (χ3n) is 2.63. The van der Waals surface area contributed by atoms with Gasteiger partial charge < -0.3 is 15.4 Å². The van der Waals surface area contributed by atoms with Crippen LogP contribution in [0.25, 0.3) is 0 Å². The quantitative estimate of drug-likeness (QED) is 0.575. The van der Waals surface area contributed by atoms with Crippen LogP contribution in [-0.4, -0.2) is 44.3 Å². The molecule has 0 heterocycles. The highest BCUT2D eigenvalue weighted by molar-refractivity contribution is 4.64. The predicted octanol–water partition coefficient (Wildman–Crippen LogP) is 1.47. The number of hydrogen-bond donors (Lipinski definition) is 1. The van der Waals surface area contributed by atoms with Crippen LogP contribution >= 0.6 is 0 Å². The highest BCUT2D eigenvalue weighted by Gasteiger charge is 2.05. The molecule has 14 heavy (non-hydrogen) atoms. The first kappa shape index (κ1) is 13.9. The van der Waals surface area contributed by atoms with Crippen molar-refractivity contribution in [2.24, 2.45) is 5.73 Å². The second kappa shape index (κ2) is 9.44. The van der Waals surface area contributed by atoms with Gasteiger partial charge in [0.1, 0.15) is 0 Å². The van der Waals surface area contributed by atoms with Crippen LogP contribution in [-0.2, 0) is 4.74 Å². The summed E-state index contributed by atoms with van der Waals surface area (Å²) in [4.78, 5) is 2.41. The van der Waals surface area contributed by atoms with E-state index in [-0.39, 0.29) is 0 Å². The zero-order valence-electron chi connectivity index (χ0n) is 9.96. The van der Waals surface area contributed by atoms with Crippen molar-refractivity contribution in [3.05, 3.63) is 0 Å². The van der Waals surface area contributed by atoms with Crippen LogP contribution in [0, 0.1) is 0 Å². The highest BCUT2D eigenvalue weighted by Crippen LogP contribution is 2.01. The molecule has 3 nitrogen and oxygen atoms in total. The van der Waals surface area contributed by atoms with E-state index in [1.54, 1.807) is 7.11 Å². The van der Waals surface area contributed by atoms with Crippen LogP contribution in [0.3, 0.4) is 0 Å². The second-order valence-corrected chi connectivity index (χ2v) is 3.71. The van der Waals surface area contributed by atoms with Gasteiger partial charge in [0, 0.05) is 19.8 Å². The molecule has 0 spiro atoms. The van der Waals surface area contributed by atoms with Gasteiger partial charge in [0.2, 0.25) is 0 Å². The summed E-state index contributed by atoms with van der Waals surface area (Å²) in [5.74, 6) is 0. The Bertz CT molecular complexity index is 116. The summed E-state index contributed by atoms with van der Waals surface area (Å²) >= 11 is 0. The molecule has 0 radical (unpaired) electrons. The van der Waals surface area contributed by atoms with Crippen LogP contribution in [0.5, 0.6) is 0 Å². The summed E-state index contributed by atoms with van der Waals surface area (Å²) in [6, 6.07) is 0.339. The van der Waals surface area contributed by atoms with E-state index in [1.165, 1.54) is 0 Å². The van der Waals surface area contributed by atoms with Gasteiger partial charge in [-0.25, -0.2) is 0 Å². The van der Waals surface area contributed by atoms with E-state index in [2.05, 4.69) is 18.7 Å². The maximum absolute atomic E-state index is 5.99. The second-order valence-electron chi connectivity index (χ2n) is 3.71. The van der Waals surface area contributed by atoms with E-state index in [0.29, 0.717) is 6.04 Å². The van der Waals surface area contributed by atoms with E-state index in [4.69, 9.17) is 10.5 Å². The van der Waals surface area contributed by atoms with Gasteiger partial charge in [-0.15, -0.1) is 0 Å². The van der Waals surface area contributed by atoms with Crippen molar-refractivity contribution in [3.8, 4) is 0 Å². The Kier molecular flexibility index (Phi) is 9.35. The Labute approximate surface area is 88.6 Å². The third kappa shape index (κ3) is 7.30. The zero-order chi connectivity index (χ0) is 10.8. The Morgan fingerprint density at radius 2 is 1.86 bits per heavy atom. The summed E-state index contributed by atoms with van der Waals surface area (Å²) in [5.41, 5.74) is 5.99. The molecule has 0 aliphatic rings. The molecular weight excluding hydrogens is 176 g/mol. The van der Waals surface area contributed by atoms with Crippen molar-refractivity contribution in [1.82, 2.24) is 4.90 Å². The lowest BCUT2D eigenvalue weighted by atomic mass is 10.1. The first-order valence-electron chi connectivity index (χ1n) is 5.71. The zero-order valence-corrected chi connectivity index (χ0v) is 9.96. The van der Waals surface area contributed by atoms with Crippen LogP contribution in [0.1, 0.15) is 33.1 Å². The van der Waals surface area contributed by atoms with Gasteiger partial charge in [0.25, 0.3) is 0 Å². The fourth-order valence-corrected chi connectivity index (χ4v) is 1.52. The minimum atomic E-state index is 0.339. The average molecular weight is 202 g/mol. The number of ether oxygens (including phenoxy) is 1. The van der Waals surface area contributed by atoms with Gasteiger partial charge >= 0.3 is 0 Å². The van der Waals surface area contributed by atoms with Gasteiger partial charge in [-0.1, -0.05) is 13.8 Å². The Morgan fingerprint density at radius 3 is 2.36 bits per heavy atom. The van der Waals surface area contributed by atoms with Gasteiger partial charge in [-0.05, 0) is 38.9 Å². The predicted molar refractivity (Wildman–Crippen MR) is 61.5 cm³/mol. The summed E-state index contributed by atoms with van der Waals surface area (Å²) in [6.07, 6.45) is 3.26. The SMILES string of the molecule is CCN(CC)CCC(N)CCCOC. The lowest BCUT2D eigenvalue weighted by Gasteiger charge is -2.20. The molecule has 0 saturated carbocycles. The molecule has 0 saturated heterocycles. The summed E-state index contributed by atoms with van der Waals surface area (Å²) < 4.78 is 4.99. The Hall–Kier alpha value is -0.120. The monoisotopic (exact) mass is 202 g/mol. The molecule has 0 aliphatic carbocycles. The van der Waals surface area contributed by atoms with Gasteiger partial charge in [0.05, 0.1) is 0 Å². The van der Waals surface area contributed by atoms with Crippen LogP contribution in [0.4, 0.5) is 0 Å². The molecule has 86 valence electrons. The molecule has 0 aromatic rings. The van der Waals surface area contributed by atoms with Crippen molar-refractivity contribution in [1.29, 1.82) is 0 Å². The van der Waals surface area contributed by atoms with E-state index in [9.17, 15) is 0 Å². The maximum atomic E-state index is 5.99. The van der Waals surface area contributed by atoms with E-state index >= 15 is 0 Å². The molecule has 0 rings (SSSR count). The molecule has 0 aromatic heterocycles. The molecule has 2 N–H and O–H groups in total. The lowest BCUT2D eigenvalue weighted by molar-refractivity contribution is 0.188. The van der Waals surface area contributed by atoms with Gasteiger partial charge in [0.15, 0.2) is 0 Å². The minimum absolute atomic E-state index is 0.339. The first-order chi connectivity index (χ1) is 6.74. The van der Waals surface area contributed by atoms with Crippen molar-refractivity contribution in [2.75, 3.05) is 33.4 Å². The summed E-state index contributed by atoms with van der Waals surface area (Å²) in [7, 11) is 1.74. The molecule has 1 unspecified atom stereocenters. The van der Waals surface area contributed by atoms with Gasteiger partial charge in [-0.3, -0.25) is 0 Å². The fourth-order valence-electron chi connectivity index (χ4n) is 1.52. The molecule has 0 bridgehead atoms. The third-order valence-corrected chi connectivity index (χ3v) is 2.63. The van der Waals surface area contributed by atoms with E-state index in [0.717, 1.165) is 45.5 Å². The fraction of sp³-hybridized carbons (Fsp3) is 1.00. The van der Waals surface area contributed by atoms with Crippen molar-refractivity contribution in [2.45, 2.75) is 39.2 Å². The lowest BCUT2D eigenvalue weighted by Crippen LogP contribution is -2.30.